The van der Waals surface area contributed by atoms with Gasteiger partial charge in [-0.15, -0.1) is 0 Å². The minimum absolute atomic E-state index is 0.0986. The van der Waals surface area contributed by atoms with Gasteiger partial charge in [-0.05, 0) is 75.7 Å². The van der Waals surface area contributed by atoms with Crippen LogP contribution in [0.1, 0.15) is 49.7 Å². The summed E-state index contributed by atoms with van der Waals surface area (Å²) in [6.07, 6.45) is -0.434. The Hall–Kier alpha value is -5.69. The molecule has 0 bridgehead atoms. The van der Waals surface area contributed by atoms with Gasteiger partial charge in [-0.2, -0.15) is 0 Å². The van der Waals surface area contributed by atoms with Crippen molar-refractivity contribution >= 4 is 29.3 Å². The molecule has 7 rings (SSSR count). The Balaban J connectivity index is 1.09. The van der Waals surface area contributed by atoms with Gasteiger partial charge in [0.15, 0.2) is 0 Å². The van der Waals surface area contributed by atoms with Crippen molar-refractivity contribution < 1.29 is 19.5 Å². The molecule has 0 atom stereocenters. The highest BCUT2D eigenvalue weighted by Gasteiger charge is 2.30. The van der Waals surface area contributed by atoms with Crippen LogP contribution in [-0.4, -0.2) is 29.6 Å². The predicted octanol–water partition coefficient (Wildman–Crippen LogP) is 7.54. The van der Waals surface area contributed by atoms with Crippen molar-refractivity contribution in [2.75, 3.05) is 16.8 Å². The van der Waals surface area contributed by atoms with Crippen LogP contribution in [0.25, 0.3) is 22.3 Å². The number of nitrogens with one attached hydrogen (secondary N) is 2. The fraction of sp³-hybridized carbons (Fsp3) is 0.108. The highest BCUT2D eigenvalue weighted by atomic mass is 16.4. The number of amides is 3. The first-order valence-electron chi connectivity index (χ1n) is 14.6. The number of hydrogen-bond donors (Lipinski definition) is 3. The fourth-order valence-corrected chi connectivity index (χ4v) is 6.49. The number of carboxylic acid groups (broad SMARTS) is 1. The summed E-state index contributed by atoms with van der Waals surface area (Å²) >= 11 is 0. The maximum atomic E-state index is 13.3. The van der Waals surface area contributed by atoms with Gasteiger partial charge in [-0.25, -0.2) is 4.79 Å². The molecule has 0 saturated carbocycles. The molecule has 2 aliphatic rings. The molecule has 7 nitrogen and oxygen atoms in total. The maximum absolute atomic E-state index is 13.3. The first kappa shape index (κ1) is 27.2. The molecule has 0 aromatic heterocycles. The molecule has 3 amide bonds. The Labute approximate surface area is 254 Å². The minimum Gasteiger partial charge on any atom is -0.465 e. The molecule has 0 fully saturated rings. The number of carbonyl (C=O) groups excluding carboxylic acids is 2. The third-order valence-corrected chi connectivity index (χ3v) is 8.57. The molecule has 5 aromatic rings. The van der Waals surface area contributed by atoms with Crippen LogP contribution < -0.4 is 15.5 Å². The highest BCUT2D eigenvalue weighted by Crippen LogP contribution is 2.46. The van der Waals surface area contributed by atoms with E-state index in [2.05, 4.69) is 34.9 Å². The third-order valence-electron chi connectivity index (χ3n) is 8.57. The lowest BCUT2D eigenvalue weighted by Gasteiger charge is -2.22. The second-order valence-electron chi connectivity index (χ2n) is 11.0. The zero-order valence-corrected chi connectivity index (χ0v) is 23.8. The first-order chi connectivity index (χ1) is 21.5. The second-order valence-corrected chi connectivity index (χ2v) is 11.0. The lowest BCUT2D eigenvalue weighted by Crippen LogP contribution is -2.31. The van der Waals surface area contributed by atoms with Gasteiger partial charge in [-0.3, -0.25) is 14.5 Å². The van der Waals surface area contributed by atoms with E-state index in [1.54, 1.807) is 30.3 Å². The standard InChI is InChI=1S/C37H29N3O4/c41-35(39-33-19-18-26(23-8-2-1-3-9-23)32-22-38-36(42)34(32)33)24-14-16-25(17-15-24)40(37(43)44)21-20-31-29-12-6-4-10-27(29)28-11-5-7-13-30(28)31/h1-19,31H,20-22H2,(H,38,42)(H,39,41)(H,43,44). The van der Waals surface area contributed by atoms with Crippen LogP contribution >= 0.6 is 0 Å². The van der Waals surface area contributed by atoms with Crippen molar-refractivity contribution in [3.8, 4) is 22.3 Å². The molecule has 3 N–H and O–H groups in total. The lowest BCUT2D eigenvalue weighted by atomic mass is 9.93. The summed E-state index contributed by atoms with van der Waals surface area (Å²) in [4.78, 5) is 39.7. The van der Waals surface area contributed by atoms with Gasteiger partial charge in [0.2, 0.25) is 0 Å². The largest absolute Gasteiger partial charge is 0.465 e. The van der Waals surface area contributed by atoms with E-state index in [4.69, 9.17) is 0 Å². The number of fused-ring (bicyclic) bond motifs is 4. The van der Waals surface area contributed by atoms with Crippen LogP contribution in [0.2, 0.25) is 0 Å². The fourth-order valence-electron chi connectivity index (χ4n) is 6.49. The van der Waals surface area contributed by atoms with Crippen molar-refractivity contribution in [1.82, 2.24) is 5.32 Å². The normalized spacial score (nSPS) is 13.0. The molecule has 5 aromatic carbocycles. The Morgan fingerprint density at radius 1 is 0.773 bits per heavy atom. The number of nitrogens with zero attached hydrogens (tertiary/aromatic N) is 1. The van der Waals surface area contributed by atoms with Gasteiger partial charge < -0.3 is 15.7 Å². The maximum Gasteiger partial charge on any atom is 0.411 e. The van der Waals surface area contributed by atoms with Crippen LogP contribution in [0.5, 0.6) is 0 Å². The molecule has 1 aliphatic heterocycles. The van der Waals surface area contributed by atoms with Crippen LogP contribution in [0.15, 0.2) is 115 Å². The minimum atomic E-state index is -1.05. The number of rotatable bonds is 7. The summed E-state index contributed by atoms with van der Waals surface area (Å²) in [5.74, 6) is -0.512. The summed E-state index contributed by atoms with van der Waals surface area (Å²) in [6, 6.07) is 36.6. The van der Waals surface area contributed by atoms with E-state index in [9.17, 15) is 19.5 Å². The molecule has 1 aliphatic carbocycles. The molecular weight excluding hydrogens is 550 g/mol. The van der Waals surface area contributed by atoms with Gasteiger partial charge in [0.25, 0.3) is 11.8 Å². The van der Waals surface area contributed by atoms with Crippen molar-refractivity contribution in [2.24, 2.45) is 0 Å². The monoisotopic (exact) mass is 579 g/mol. The van der Waals surface area contributed by atoms with Gasteiger partial charge in [0.1, 0.15) is 0 Å². The average molecular weight is 580 g/mol. The number of carbonyl (C=O) groups is 3. The smallest absolute Gasteiger partial charge is 0.411 e. The molecular formula is C37H29N3O4. The molecule has 7 heteroatoms. The van der Waals surface area contributed by atoms with Crippen molar-refractivity contribution in [3.63, 3.8) is 0 Å². The number of hydrogen-bond acceptors (Lipinski definition) is 3. The summed E-state index contributed by atoms with van der Waals surface area (Å²) in [5, 5.41) is 15.9. The Bertz CT molecular complexity index is 1870. The van der Waals surface area contributed by atoms with Gasteiger partial charge in [0, 0.05) is 30.3 Å². The molecule has 0 unspecified atom stereocenters. The molecule has 0 spiro atoms. The van der Waals surface area contributed by atoms with Crippen molar-refractivity contribution in [3.05, 3.63) is 143 Å². The van der Waals surface area contributed by atoms with Gasteiger partial charge >= 0.3 is 6.09 Å². The van der Waals surface area contributed by atoms with Gasteiger partial charge in [-0.1, -0.05) is 84.9 Å². The molecule has 216 valence electrons. The lowest BCUT2D eigenvalue weighted by molar-refractivity contribution is 0.0966. The molecule has 1 heterocycles. The van der Waals surface area contributed by atoms with Crippen molar-refractivity contribution in [1.29, 1.82) is 0 Å². The SMILES string of the molecule is O=C(Nc1ccc(-c2ccccc2)c2c1C(=O)NC2)c1ccc(N(CCC2c3ccccc3-c3ccccc32)C(=O)O)cc1. The number of benzene rings is 5. The number of anilines is 2. The first-order valence-corrected chi connectivity index (χ1v) is 14.6. The summed E-state index contributed by atoms with van der Waals surface area (Å²) in [5.41, 5.74) is 9.35. The topological polar surface area (TPSA) is 98.7 Å². The Morgan fingerprint density at radius 2 is 1.41 bits per heavy atom. The van der Waals surface area contributed by atoms with E-state index in [1.807, 2.05) is 60.7 Å². The Morgan fingerprint density at radius 3 is 2.07 bits per heavy atom. The van der Waals surface area contributed by atoms with E-state index in [0.29, 0.717) is 42.0 Å². The van der Waals surface area contributed by atoms with E-state index >= 15 is 0 Å². The van der Waals surface area contributed by atoms with Gasteiger partial charge in [0.05, 0.1) is 11.3 Å². The van der Waals surface area contributed by atoms with Crippen LogP contribution in [0, 0.1) is 0 Å². The van der Waals surface area contributed by atoms with Crippen LogP contribution in [-0.2, 0) is 6.54 Å². The summed E-state index contributed by atoms with van der Waals surface area (Å²) < 4.78 is 0. The van der Waals surface area contributed by atoms with Crippen molar-refractivity contribution in [2.45, 2.75) is 18.9 Å². The van der Waals surface area contributed by atoms with E-state index in [-0.39, 0.29) is 17.7 Å². The summed E-state index contributed by atoms with van der Waals surface area (Å²) in [7, 11) is 0. The Kier molecular flexibility index (Phi) is 6.91. The zero-order valence-electron chi connectivity index (χ0n) is 23.8. The molecule has 44 heavy (non-hydrogen) atoms. The van der Waals surface area contributed by atoms with E-state index in [1.165, 1.54) is 27.2 Å². The van der Waals surface area contributed by atoms with E-state index < -0.39 is 6.09 Å². The molecule has 0 radical (unpaired) electrons. The zero-order chi connectivity index (χ0) is 30.2. The summed E-state index contributed by atoms with van der Waals surface area (Å²) in [6.45, 7) is 0.684. The van der Waals surface area contributed by atoms with E-state index in [0.717, 1.165) is 16.7 Å². The highest BCUT2D eigenvalue weighted by molar-refractivity contribution is 6.11. The molecule has 0 saturated heterocycles. The predicted molar refractivity (Wildman–Crippen MR) is 171 cm³/mol. The van der Waals surface area contributed by atoms with Crippen LogP contribution in [0.4, 0.5) is 16.2 Å². The third kappa shape index (κ3) is 4.78. The second kappa shape index (κ2) is 11.2. The van der Waals surface area contributed by atoms with Crippen LogP contribution in [0.3, 0.4) is 0 Å². The quantitative estimate of drug-likeness (QED) is 0.186. The average Bonchev–Trinajstić information content (AvgIpc) is 3.60.